The molecule has 2 aromatic rings. The van der Waals surface area contributed by atoms with Crippen molar-refractivity contribution in [3.05, 3.63) is 35.1 Å². The topological polar surface area (TPSA) is 106 Å². The third-order valence-corrected chi connectivity index (χ3v) is 5.68. The molecular weight excluding hydrogens is 308 g/mol. The monoisotopic (exact) mass is 326 g/mol. The number of rotatable bonds is 4. The molecule has 0 spiro atoms. The predicted octanol–water partition coefficient (Wildman–Crippen LogP) is 1.39. The van der Waals surface area contributed by atoms with E-state index in [4.69, 9.17) is 8.94 Å². The highest BCUT2D eigenvalue weighted by atomic mass is 32.2. The smallest absolute Gasteiger partial charge is 0.246 e. The van der Waals surface area contributed by atoms with Gasteiger partial charge in [-0.3, -0.25) is 0 Å². The van der Waals surface area contributed by atoms with E-state index in [1.807, 2.05) is 0 Å². The molecule has 2 heterocycles. The summed E-state index contributed by atoms with van der Waals surface area (Å²) >= 11 is 0. The molecule has 22 heavy (non-hydrogen) atoms. The Kier molecular flexibility index (Phi) is 3.62. The highest BCUT2D eigenvalue weighted by molar-refractivity contribution is 7.89. The lowest BCUT2D eigenvalue weighted by Crippen LogP contribution is -2.42. The SMILES string of the molecule is Cc1noc(C)c1S(=O)(=O)NCC1(O)CCCc2occc21. The van der Waals surface area contributed by atoms with Crippen LogP contribution in [0.15, 0.2) is 26.2 Å². The van der Waals surface area contributed by atoms with Crippen LogP contribution in [0.4, 0.5) is 0 Å². The molecule has 7 nitrogen and oxygen atoms in total. The van der Waals surface area contributed by atoms with Crippen LogP contribution in [0.5, 0.6) is 0 Å². The van der Waals surface area contributed by atoms with Crippen LogP contribution >= 0.6 is 0 Å². The van der Waals surface area contributed by atoms with E-state index in [2.05, 4.69) is 9.88 Å². The zero-order valence-corrected chi connectivity index (χ0v) is 13.2. The van der Waals surface area contributed by atoms with Gasteiger partial charge in [-0.2, -0.15) is 0 Å². The first kappa shape index (κ1) is 15.3. The van der Waals surface area contributed by atoms with Crippen molar-refractivity contribution >= 4 is 10.0 Å². The average molecular weight is 326 g/mol. The zero-order chi connectivity index (χ0) is 16.0. The Morgan fingerprint density at radius 3 is 2.91 bits per heavy atom. The van der Waals surface area contributed by atoms with Gasteiger partial charge in [-0.1, -0.05) is 5.16 Å². The van der Waals surface area contributed by atoms with E-state index in [-0.39, 0.29) is 17.2 Å². The molecule has 1 aliphatic carbocycles. The minimum absolute atomic E-state index is 0.0272. The van der Waals surface area contributed by atoms with Crippen molar-refractivity contribution in [3.8, 4) is 0 Å². The number of furan rings is 1. The molecule has 120 valence electrons. The minimum atomic E-state index is -3.80. The van der Waals surface area contributed by atoms with Crippen LogP contribution in [-0.4, -0.2) is 25.2 Å². The highest BCUT2D eigenvalue weighted by Crippen LogP contribution is 2.35. The number of fused-ring (bicyclic) bond motifs is 1. The van der Waals surface area contributed by atoms with Gasteiger partial charge in [0, 0.05) is 18.5 Å². The van der Waals surface area contributed by atoms with E-state index in [1.54, 1.807) is 13.0 Å². The largest absolute Gasteiger partial charge is 0.469 e. The van der Waals surface area contributed by atoms with Crippen molar-refractivity contribution in [1.82, 2.24) is 9.88 Å². The van der Waals surface area contributed by atoms with E-state index in [0.29, 0.717) is 23.4 Å². The van der Waals surface area contributed by atoms with Crippen LogP contribution in [0.3, 0.4) is 0 Å². The first-order valence-electron chi connectivity index (χ1n) is 7.05. The number of hydrogen-bond donors (Lipinski definition) is 2. The third kappa shape index (κ3) is 2.47. The molecular formula is C14H18N2O5S. The maximum Gasteiger partial charge on any atom is 0.246 e. The van der Waals surface area contributed by atoms with E-state index >= 15 is 0 Å². The molecule has 0 aliphatic heterocycles. The number of aryl methyl sites for hydroxylation is 3. The number of hydrogen-bond acceptors (Lipinski definition) is 6. The van der Waals surface area contributed by atoms with Gasteiger partial charge in [0.1, 0.15) is 22.0 Å². The second-order valence-electron chi connectivity index (χ2n) is 5.62. The Bertz CT molecular complexity index is 773. The summed E-state index contributed by atoms with van der Waals surface area (Å²) in [6.07, 6.45) is 3.48. The Balaban J connectivity index is 1.84. The van der Waals surface area contributed by atoms with Gasteiger partial charge in [0.2, 0.25) is 10.0 Å². The molecule has 0 fully saturated rings. The Morgan fingerprint density at radius 1 is 1.45 bits per heavy atom. The lowest BCUT2D eigenvalue weighted by molar-refractivity contribution is 0.0221. The van der Waals surface area contributed by atoms with E-state index in [1.165, 1.54) is 13.2 Å². The molecule has 8 heteroatoms. The summed E-state index contributed by atoms with van der Waals surface area (Å²) in [6, 6.07) is 1.69. The second kappa shape index (κ2) is 5.22. The Labute approximate surface area is 128 Å². The third-order valence-electron chi connectivity index (χ3n) is 4.03. The predicted molar refractivity (Wildman–Crippen MR) is 76.7 cm³/mol. The second-order valence-corrected chi connectivity index (χ2v) is 7.32. The summed E-state index contributed by atoms with van der Waals surface area (Å²) in [4.78, 5) is 0.0272. The van der Waals surface area contributed by atoms with Gasteiger partial charge in [-0.15, -0.1) is 0 Å². The highest BCUT2D eigenvalue weighted by Gasteiger charge is 2.38. The van der Waals surface area contributed by atoms with Crippen molar-refractivity contribution in [2.75, 3.05) is 6.54 Å². The molecule has 0 saturated carbocycles. The molecule has 3 rings (SSSR count). The van der Waals surface area contributed by atoms with Crippen molar-refractivity contribution in [2.24, 2.45) is 0 Å². The van der Waals surface area contributed by atoms with Gasteiger partial charge in [0.25, 0.3) is 0 Å². The molecule has 1 unspecified atom stereocenters. The summed E-state index contributed by atoms with van der Waals surface area (Å²) in [5.41, 5.74) is -0.308. The van der Waals surface area contributed by atoms with E-state index in [9.17, 15) is 13.5 Å². The quantitative estimate of drug-likeness (QED) is 0.879. The van der Waals surface area contributed by atoms with Crippen LogP contribution in [0.25, 0.3) is 0 Å². The number of nitrogens with zero attached hydrogens (tertiary/aromatic N) is 1. The number of sulfonamides is 1. The molecule has 0 aromatic carbocycles. The van der Waals surface area contributed by atoms with E-state index in [0.717, 1.165) is 12.8 Å². The van der Waals surface area contributed by atoms with Gasteiger partial charge in [-0.25, -0.2) is 13.1 Å². The fourth-order valence-electron chi connectivity index (χ4n) is 2.95. The van der Waals surface area contributed by atoms with Crippen molar-refractivity contribution in [1.29, 1.82) is 0 Å². The lowest BCUT2D eigenvalue weighted by atomic mass is 9.83. The maximum absolute atomic E-state index is 12.4. The Hall–Kier alpha value is -1.64. The van der Waals surface area contributed by atoms with Crippen LogP contribution in [0.1, 0.15) is 35.6 Å². The summed E-state index contributed by atoms with van der Waals surface area (Å²) in [6.45, 7) is 2.98. The number of nitrogens with one attached hydrogen (secondary N) is 1. The molecule has 0 saturated heterocycles. The molecule has 1 atom stereocenters. The van der Waals surface area contributed by atoms with Gasteiger partial charge in [0.05, 0.1) is 6.26 Å². The number of aromatic nitrogens is 1. The van der Waals surface area contributed by atoms with Crippen LogP contribution in [-0.2, 0) is 22.0 Å². The zero-order valence-electron chi connectivity index (χ0n) is 12.4. The summed E-state index contributed by atoms with van der Waals surface area (Å²) in [7, 11) is -3.80. The fourth-order valence-corrected chi connectivity index (χ4v) is 4.37. The summed E-state index contributed by atoms with van der Waals surface area (Å²) < 4.78 is 37.5. The standard InChI is InChI=1S/C14H18N2O5S/c1-9-13(10(2)21-16-9)22(18,19)15-8-14(17)6-3-4-12-11(14)5-7-20-12/h5,7,15,17H,3-4,6,8H2,1-2H3. The number of aliphatic hydroxyl groups is 1. The van der Waals surface area contributed by atoms with Crippen LogP contribution in [0.2, 0.25) is 0 Å². The summed E-state index contributed by atoms with van der Waals surface area (Å²) in [5, 5.41) is 14.4. The maximum atomic E-state index is 12.4. The van der Waals surface area contributed by atoms with Gasteiger partial charge in [0.15, 0.2) is 5.76 Å². The molecule has 2 aromatic heterocycles. The van der Waals surface area contributed by atoms with Crippen LogP contribution < -0.4 is 4.72 Å². The van der Waals surface area contributed by atoms with Crippen molar-refractivity contribution < 1.29 is 22.5 Å². The molecule has 2 N–H and O–H groups in total. The van der Waals surface area contributed by atoms with Crippen molar-refractivity contribution in [3.63, 3.8) is 0 Å². The van der Waals surface area contributed by atoms with Gasteiger partial charge in [-0.05, 0) is 32.8 Å². The minimum Gasteiger partial charge on any atom is -0.469 e. The average Bonchev–Trinajstić information content (AvgIpc) is 3.05. The first-order chi connectivity index (χ1) is 10.3. The normalized spacial score (nSPS) is 21.8. The molecule has 0 amide bonds. The fraction of sp³-hybridized carbons (Fsp3) is 0.500. The molecule has 0 radical (unpaired) electrons. The lowest BCUT2D eigenvalue weighted by Gasteiger charge is -2.31. The first-order valence-corrected chi connectivity index (χ1v) is 8.53. The molecule has 0 bridgehead atoms. The molecule has 1 aliphatic rings. The van der Waals surface area contributed by atoms with Gasteiger partial charge < -0.3 is 14.0 Å². The van der Waals surface area contributed by atoms with Crippen molar-refractivity contribution in [2.45, 2.75) is 43.6 Å². The summed E-state index contributed by atoms with van der Waals surface area (Å²) in [5.74, 6) is 0.940. The van der Waals surface area contributed by atoms with E-state index < -0.39 is 15.6 Å². The Morgan fingerprint density at radius 2 is 2.23 bits per heavy atom. The van der Waals surface area contributed by atoms with Crippen LogP contribution in [0, 0.1) is 13.8 Å². The van der Waals surface area contributed by atoms with Gasteiger partial charge >= 0.3 is 0 Å².